The SMILES string of the molecule is C1=CC2C(C=C1C1=C/C=C/Sc3cccc4cccc(c34)\C=C\1)c1ccccc1N2c1ccc(-c2ccncc2)cn1. The summed E-state index contributed by atoms with van der Waals surface area (Å²) in [6, 6.07) is 30.3. The average Bonchev–Trinajstić information content (AvgIpc) is 3.38. The van der Waals surface area contributed by atoms with Gasteiger partial charge in [0.2, 0.25) is 0 Å². The number of allylic oxidation sites excluding steroid dienone is 6. The van der Waals surface area contributed by atoms with Gasteiger partial charge in [-0.15, -0.1) is 0 Å². The van der Waals surface area contributed by atoms with Crippen LogP contribution < -0.4 is 4.90 Å². The molecule has 0 bridgehead atoms. The highest BCUT2D eigenvalue weighted by atomic mass is 32.2. The van der Waals surface area contributed by atoms with Gasteiger partial charge in [0.15, 0.2) is 0 Å². The fourth-order valence-electron chi connectivity index (χ4n) is 6.31. The summed E-state index contributed by atoms with van der Waals surface area (Å²) < 4.78 is 0. The van der Waals surface area contributed by atoms with Crippen molar-refractivity contribution in [3.63, 3.8) is 0 Å². The Bertz CT molecular complexity index is 1960. The number of pyridine rings is 2. The highest BCUT2D eigenvalue weighted by molar-refractivity contribution is 8.02. The number of anilines is 2. The normalized spacial score (nSPS) is 21.6. The molecule has 0 saturated heterocycles. The van der Waals surface area contributed by atoms with Crippen molar-refractivity contribution in [3.05, 3.63) is 168 Å². The molecule has 5 aromatic rings. The first-order valence-corrected chi connectivity index (χ1v) is 15.1. The Morgan fingerprint density at radius 3 is 2.50 bits per heavy atom. The van der Waals surface area contributed by atoms with E-state index in [1.54, 1.807) is 11.8 Å². The zero-order valence-electron chi connectivity index (χ0n) is 22.8. The van der Waals surface area contributed by atoms with Gasteiger partial charge in [0.1, 0.15) is 5.82 Å². The molecule has 0 saturated carbocycles. The lowest BCUT2D eigenvalue weighted by Crippen LogP contribution is -2.29. The number of hydrogen-bond donors (Lipinski definition) is 0. The number of hydrogen-bond acceptors (Lipinski definition) is 4. The van der Waals surface area contributed by atoms with Crippen LogP contribution in [0, 0.1) is 0 Å². The van der Waals surface area contributed by atoms with Gasteiger partial charge >= 0.3 is 0 Å². The van der Waals surface area contributed by atoms with Crippen molar-refractivity contribution in [1.82, 2.24) is 9.97 Å². The predicted molar refractivity (Wildman–Crippen MR) is 176 cm³/mol. The molecule has 8 rings (SSSR count). The molecule has 200 valence electrons. The van der Waals surface area contributed by atoms with Crippen molar-refractivity contribution in [1.29, 1.82) is 0 Å². The molecule has 0 radical (unpaired) electrons. The summed E-state index contributed by atoms with van der Waals surface area (Å²) in [7, 11) is 0. The highest BCUT2D eigenvalue weighted by Gasteiger charge is 2.38. The van der Waals surface area contributed by atoms with Gasteiger partial charge in [-0.3, -0.25) is 4.98 Å². The molecule has 3 aromatic carbocycles. The third-order valence-electron chi connectivity index (χ3n) is 8.29. The maximum absolute atomic E-state index is 4.93. The Morgan fingerprint density at radius 2 is 1.62 bits per heavy atom. The topological polar surface area (TPSA) is 29.0 Å². The maximum Gasteiger partial charge on any atom is 0.133 e. The highest BCUT2D eigenvalue weighted by Crippen LogP contribution is 2.48. The number of fused-ring (bicyclic) bond motifs is 3. The molecule has 2 unspecified atom stereocenters. The standard InChI is InChI=1S/C38H27N3S/c1-2-11-34-32(10-1)33-24-30(15-17-35(33)41(34)37-18-16-31(25-40-37)27-19-21-39-22-20-27)26-9-5-23-42-36-12-4-8-28-6-3-7-29(14-13-26)38(28)36/h1-25,33,35H/b14-13+,23-5+,26-9+. The summed E-state index contributed by atoms with van der Waals surface area (Å²) in [4.78, 5) is 12.7. The van der Waals surface area contributed by atoms with Crippen LogP contribution in [0.25, 0.3) is 28.0 Å². The molecule has 2 atom stereocenters. The first-order valence-electron chi connectivity index (χ1n) is 14.2. The van der Waals surface area contributed by atoms with E-state index in [1.165, 1.54) is 43.6 Å². The van der Waals surface area contributed by atoms with Crippen LogP contribution in [0.3, 0.4) is 0 Å². The second-order valence-electron chi connectivity index (χ2n) is 10.7. The minimum Gasteiger partial charge on any atom is -0.318 e. The van der Waals surface area contributed by atoms with Crippen molar-refractivity contribution in [3.8, 4) is 11.1 Å². The molecule has 42 heavy (non-hydrogen) atoms. The first kappa shape index (κ1) is 24.8. The van der Waals surface area contributed by atoms with E-state index in [1.807, 2.05) is 30.7 Å². The summed E-state index contributed by atoms with van der Waals surface area (Å²) in [5.74, 6) is 1.19. The molecule has 3 nitrogen and oxygen atoms in total. The summed E-state index contributed by atoms with van der Waals surface area (Å²) in [6.45, 7) is 0. The van der Waals surface area contributed by atoms with E-state index in [2.05, 4.69) is 131 Å². The first-order chi connectivity index (χ1) is 20.8. The van der Waals surface area contributed by atoms with Crippen LogP contribution in [0.2, 0.25) is 0 Å². The molecule has 0 N–H and O–H groups in total. The number of rotatable bonds is 3. The fourth-order valence-corrected chi connectivity index (χ4v) is 7.12. The van der Waals surface area contributed by atoms with Crippen LogP contribution in [0.4, 0.5) is 11.5 Å². The third-order valence-corrected chi connectivity index (χ3v) is 9.17. The van der Waals surface area contributed by atoms with Crippen molar-refractivity contribution in [2.75, 3.05) is 4.90 Å². The lowest BCUT2D eigenvalue weighted by molar-refractivity contribution is 0.734. The smallest absolute Gasteiger partial charge is 0.133 e. The zero-order chi connectivity index (χ0) is 27.9. The Kier molecular flexibility index (Phi) is 6.19. The molecule has 3 aliphatic rings. The van der Waals surface area contributed by atoms with Crippen molar-refractivity contribution < 1.29 is 0 Å². The molecule has 0 spiro atoms. The van der Waals surface area contributed by atoms with Crippen LogP contribution in [-0.2, 0) is 0 Å². The van der Waals surface area contributed by atoms with E-state index in [0.29, 0.717) is 0 Å². The van der Waals surface area contributed by atoms with Gasteiger partial charge in [-0.2, -0.15) is 0 Å². The van der Waals surface area contributed by atoms with Crippen molar-refractivity contribution in [2.45, 2.75) is 16.9 Å². The van der Waals surface area contributed by atoms with E-state index in [0.717, 1.165) is 16.9 Å². The van der Waals surface area contributed by atoms with Gasteiger partial charge < -0.3 is 4.90 Å². The van der Waals surface area contributed by atoms with Crippen LogP contribution >= 0.6 is 11.8 Å². The lowest BCUT2D eigenvalue weighted by atomic mass is 9.86. The number of benzene rings is 3. The van der Waals surface area contributed by atoms with Crippen molar-refractivity contribution in [2.24, 2.45) is 0 Å². The molecule has 4 heteroatoms. The van der Waals surface area contributed by atoms with E-state index in [-0.39, 0.29) is 12.0 Å². The number of aromatic nitrogens is 2. The fraction of sp³-hybridized carbons (Fsp3) is 0.0526. The molecule has 0 amide bonds. The Labute approximate surface area is 250 Å². The largest absolute Gasteiger partial charge is 0.318 e. The van der Waals surface area contributed by atoms with Gasteiger partial charge in [0.25, 0.3) is 0 Å². The minimum atomic E-state index is 0.168. The predicted octanol–water partition coefficient (Wildman–Crippen LogP) is 9.66. The Hall–Kier alpha value is -4.93. The summed E-state index contributed by atoms with van der Waals surface area (Å²) in [5, 5.41) is 4.77. The summed E-state index contributed by atoms with van der Waals surface area (Å²) in [5.41, 5.74) is 8.44. The minimum absolute atomic E-state index is 0.168. The second-order valence-corrected chi connectivity index (χ2v) is 11.6. The molecular weight excluding hydrogens is 531 g/mol. The van der Waals surface area contributed by atoms with Crippen molar-refractivity contribution >= 4 is 40.1 Å². The zero-order valence-corrected chi connectivity index (χ0v) is 23.7. The maximum atomic E-state index is 4.93. The quantitative estimate of drug-likeness (QED) is 0.221. The van der Waals surface area contributed by atoms with Gasteiger partial charge in [0, 0.05) is 46.0 Å². The van der Waals surface area contributed by atoms with Gasteiger partial charge in [-0.05, 0) is 75.0 Å². The molecule has 1 aliphatic carbocycles. The molecule has 2 aliphatic heterocycles. The Morgan fingerprint density at radius 1 is 0.738 bits per heavy atom. The van der Waals surface area contributed by atoms with E-state index in [4.69, 9.17) is 4.98 Å². The monoisotopic (exact) mass is 557 g/mol. The third kappa shape index (κ3) is 4.32. The van der Waals surface area contributed by atoms with Crippen LogP contribution in [0.5, 0.6) is 0 Å². The summed E-state index contributed by atoms with van der Waals surface area (Å²) in [6.07, 6.45) is 21.6. The van der Waals surface area contributed by atoms with Crippen LogP contribution in [0.15, 0.2) is 161 Å². The average molecular weight is 558 g/mol. The lowest BCUT2D eigenvalue weighted by Gasteiger charge is -2.29. The number of para-hydroxylation sites is 1. The van der Waals surface area contributed by atoms with E-state index in [9.17, 15) is 0 Å². The number of thioether (sulfide) groups is 1. The number of nitrogens with zero attached hydrogens (tertiary/aromatic N) is 3. The second kappa shape index (κ2) is 10.5. The summed E-state index contributed by atoms with van der Waals surface area (Å²) >= 11 is 1.78. The van der Waals surface area contributed by atoms with E-state index >= 15 is 0 Å². The molecular formula is C38H27N3S. The molecule has 4 heterocycles. The van der Waals surface area contributed by atoms with Crippen LogP contribution in [0.1, 0.15) is 17.0 Å². The van der Waals surface area contributed by atoms with Crippen LogP contribution in [-0.4, -0.2) is 16.0 Å². The van der Waals surface area contributed by atoms with Gasteiger partial charge in [0.05, 0.1) is 6.04 Å². The van der Waals surface area contributed by atoms with E-state index < -0.39 is 0 Å². The van der Waals surface area contributed by atoms with Gasteiger partial charge in [-0.1, -0.05) is 103 Å². The Balaban J connectivity index is 1.15. The molecule has 2 aromatic heterocycles. The molecule has 0 fully saturated rings. The van der Waals surface area contributed by atoms with Gasteiger partial charge in [-0.25, -0.2) is 4.98 Å².